The Labute approximate surface area is 144 Å². The number of hydrogen-bond donors (Lipinski definition) is 0. The van der Waals surface area contributed by atoms with E-state index in [9.17, 15) is 4.79 Å². The Morgan fingerprint density at radius 3 is 2.54 bits per heavy atom. The molecule has 0 spiro atoms. The standard InChI is InChI=1S/C19H28N2O3/c1-23-17-8-7-15(12-18(17)24-2)13-20-9-5-6-16(14-20)19(22)21-10-3-4-11-21/h7-8,12,16H,3-6,9-11,13-14H2,1-2H3/t16-/m0/s1. The fourth-order valence-electron chi connectivity index (χ4n) is 3.83. The van der Waals surface area contributed by atoms with Gasteiger partial charge in [0.25, 0.3) is 0 Å². The molecule has 0 radical (unpaired) electrons. The van der Waals surface area contributed by atoms with Crippen molar-refractivity contribution in [1.82, 2.24) is 9.80 Å². The van der Waals surface area contributed by atoms with Gasteiger partial charge in [0.2, 0.25) is 5.91 Å². The van der Waals surface area contributed by atoms with Gasteiger partial charge in [-0.1, -0.05) is 6.07 Å². The van der Waals surface area contributed by atoms with Crippen molar-refractivity contribution < 1.29 is 14.3 Å². The molecule has 0 aromatic heterocycles. The van der Waals surface area contributed by atoms with Gasteiger partial charge >= 0.3 is 0 Å². The van der Waals surface area contributed by atoms with Crippen molar-refractivity contribution in [2.24, 2.45) is 5.92 Å². The second-order valence-corrected chi connectivity index (χ2v) is 6.80. The van der Waals surface area contributed by atoms with Crippen LogP contribution in [0.1, 0.15) is 31.2 Å². The number of ether oxygens (including phenoxy) is 2. The number of carbonyl (C=O) groups excluding carboxylic acids is 1. The van der Waals surface area contributed by atoms with Crippen molar-refractivity contribution in [2.45, 2.75) is 32.2 Å². The predicted molar refractivity (Wildman–Crippen MR) is 93.4 cm³/mol. The lowest BCUT2D eigenvalue weighted by Gasteiger charge is -2.34. The molecule has 5 nitrogen and oxygen atoms in total. The van der Waals surface area contributed by atoms with Crippen LogP contribution in [0.15, 0.2) is 18.2 Å². The van der Waals surface area contributed by atoms with Crippen molar-refractivity contribution in [1.29, 1.82) is 0 Å². The quantitative estimate of drug-likeness (QED) is 0.831. The zero-order valence-corrected chi connectivity index (χ0v) is 14.8. The third-order valence-corrected chi connectivity index (χ3v) is 5.13. The maximum absolute atomic E-state index is 12.6. The first-order valence-electron chi connectivity index (χ1n) is 8.93. The highest BCUT2D eigenvalue weighted by molar-refractivity contribution is 5.79. The van der Waals surface area contributed by atoms with Gasteiger partial charge in [-0.2, -0.15) is 0 Å². The van der Waals surface area contributed by atoms with Gasteiger partial charge in [0.05, 0.1) is 20.1 Å². The number of piperidine rings is 1. The Morgan fingerprint density at radius 1 is 1.08 bits per heavy atom. The van der Waals surface area contributed by atoms with Gasteiger partial charge in [0.15, 0.2) is 11.5 Å². The van der Waals surface area contributed by atoms with Crippen LogP contribution in [-0.2, 0) is 11.3 Å². The molecule has 5 heteroatoms. The molecule has 0 aliphatic carbocycles. The second-order valence-electron chi connectivity index (χ2n) is 6.80. The molecule has 132 valence electrons. The van der Waals surface area contributed by atoms with Crippen LogP contribution in [0.25, 0.3) is 0 Å². The molecule has 1 aromatic rings. The van der Waals surface area contributed by atoms with Crippen molar-refractivity contribution in [3.05, 3.63) is 23.8 Å². The number of nitrogens with zero attached hydrogens (tertiary/aromatic N) is 2. The van der Waals surface area contributed by atoms with E-state index in [2.05, 4.69) is 15.9 Å². The summed E-state index contributed by atoms with van der Waals surface area (Å²) < 4.78 is 10.7. The van der Waals surface area contributed by atoms with Crippen LogP contribution in [0.3, 0.4) is 0 Å². The van der Waals surface area contributed by atoms with Gasteiger partial charge < -0.3 is 14.4 Å². The number of rotatable bonds is 5. The summed E-state index contributed by atoms with van der Waals surface area (Å²) in [6.07, 6.45) is 4.44. The lowest BCUT2D eigenvalue weighted by atomic mass is 9.96. The van der Waals surface area contributed by atoms with Gasteiger partial charge in [0, 0.05) is 26.2 Å². The van der Waals surface area contributed by atoms with Crippen LogP contribution < -0.4 is 9.47 Å². The van der Waals surface area contributed by atoms with E-state index in [1.807, 2.05) is 12.1 Å². The Hall–Kier alpha value is -1.75. The molecular weight excluding hydrogens is 304 g/mol. The largest absolute Gasteiger partial charge is 0.493 e. The average Bonchev–Trinajstić information content (AvgIpc) is 3.16. The highest BCUT2D eigenvalue weighted by Crippen LogP contribution is 2.29. The lowest BCUT2D eigenvalue weighted by molar-refractivity contribution is -0.136. The van der Waals surface area contributed by atoms with E-state index in [0.29, 0.717) is 5.91 Å². The van der Waals surface area contributed by atoms with Gasteiger partial charge in [-0.25, -0.2) is 0 Å². The molecule has 0 saturated carbocycles. The third kappa shape index (κ3) is 3.83. The molecule has 1 atom stereocenters. The summed E-state index contributed by atoms with van der Waals surface area (Å²) in [4.78, 5) is 17.1. The molecule has 0 unspecified atom stereocenters. The van der Waals surface area contributed by atoms with Crippen molar-refractivity contribution in [2.75, 3.05) is 40.4 Å². The number of carbonyl (C=O) groups is 1. The number of hydrogen-bond acceptors (Lipinski definition) is 4. The fraction of sp³-hybridized carbons (Fsp3) is 0.632. The van der Waals surface area contributed by atoms with Gasteiger partial charge in [-0.05, 0) is 49.9 Å². The second kappa shape index (κ2) is 7.88. The number of benzene rings is 1. The normalized spacial score (nSPS) is 21.8. The van der Waals surface area contributed by atoms with Crippen LogP contribution in [0.4, 0.5) is 0 Å². The summed E-state index contributed by atoms with van der Waals surface area (Å²) >= 11 is 0. The zero-order chi connectivity index (χ0) is 16.9. The van der Waals surface area contributed by atoms with Crippen molar-refractivity contribution in [3.8, 4) is 11.5 Å². The van der Waals surface area contributed by atoms with Gasteiger partial charge in [-0.15, -0.1) is 0 Å². The maximum atomic E-state index is 12.6. The number of amides is 1. The topological polar surface area (TPSA) is 42.0 Å². The van der Waals surface area contributed by atoms with Crippen molar-refractivity contribution in [3.63, 3.8) is 0 Å². The first-order valence-corrected chi connectivity index (χ1v) is 8.93. The summed E-state index contributed by atoms with van der Waals surface area (Å²) in [5.74, 6) is 2.04. The van der Waals surface area contributed by atoms with E-state index in [0.717, 1.165) is 69.9 Å². The van der Waals surface area contributed by atoms with Crippen LogP contribution in [0.5, 0.6) is 11.5 Å². The third-order valence-electron chi connectivity index (χ3n) is 5.13. The minimum absolute atomic E-state index is 0.164. The molecule has 1 amide bonds. The maximum Gasteiger partial charge on any atom is 0.226 e. The Morgan fingerprint density at radius 2 is 1.83 bits per heavy atom. The van der Waals surface area contributed by atoms with Gasteiger partial charge in [0.1, 0.15) is 0 Å². The summed E-state index contributed by atoms with van der Waals surface area (Å²) in [7, 11) is 3.31. The first kappa shape index (κ1) is 17.1. The molecule has 2 aliphatic heterocycles. The molecule has 0 N–H and O–H groups in total. The molecule has 2 saturated heterocycles. The van der Waals surface area contributed by atoms with E-state index in [4.69, 9.17) is 9.47 Å². The Balaban J connectivity index is 1.61. The molecule has 2 aliphatic rings. The highest BCUT2D eigenvalue weighted by atomic mass is 16.5. The number of methoxy groups -OCH3 is 2. The van der Waals surface area contributed by atoms with E-state index in [1.54, 1.807) is 14.2 Å². The van der Waals surface area contributed by atoms with E-state index in [-0.39, 0.29) is 5.92 Å². The summed E-state index contributed by atoms with van der Waals surface area (Å²) in [5, 5.41) is 0. The van der Waals surface area contributed by atoms with E-state index >= 15 is 0 Å². The molecule has 3 rings (SSSR count). The lowest BCUT2D eigenvalue weighted by Crippen LogP contribution is -2.43. The van der Waals surface area contributed by atoms with E-state index in [1.165, 1.54) is 5.56 Å². The minimum atomic E-state index is 0.164. The number of likely N-dealkylation sites (tertiary alicyclic amines) is 2. The van der Waals surface area contributed by atoms with Crippen LogP contribution in [0, 0.1) is 5.92 Å². The van der Waals surface area contributed by atoms with E-state index < -0.39 is 0 Å². The summed E-state index contributed by atoms with van der Waals surface area (Å²) in [6.45, 7) is 4.67. The summed E-state index contributed by atoms with van der Waals surface area (Å²) in [6, 6.07) is 6.06. The van der Waals surface area contributed by atoms with Crippen LogP contribution in [-0.4, -0.2) is 56.1 Å². The highest BCUT2D eigenvalue weighted by Gasteiger charge is 2.30. The molecule has 2 heterocycles. The summed E-state index contributed by atoms with van der Waals surface area (Å²) in [5.41, 5.74) is 1.20. The van der Waals surface area contributed by atoms with Gasteiger partial charge in [-0.3, -0.25) is 9.69 Å². The fourth-order valence-corrected chi connectivity index (χ4v) is 3.83. The molecule has 2 fully saturated rings. The zero-order valence-electron chi connectivity index (χ0n) is 14.8. The predicted octanol–water partition coefficient (Wildman–Crippen LogP) is 2.54. The molecule has 24 heavy (non-hydrogen) atoms. The first-order chi connectivity index (χ1) is 11.7. The molecule has 1 aromatic carbocycles. The van der Waals surface area contributed by atoms with Crippen LogP contribution in [0.2, 0.25) is 0 Å². The smallest absolute Gasteiger partial charge is 0.226 e. The average molecular weight is 332 g/mol. The van der Waals surface area contributed by atoms with Crippen LogP contribution >= 0.6 is 0 Å². The SMILES string of the molecule is COc1ccc(CN2CCC[C@H](C(=O)N3CCCC3)C2)cc1OC. The van der Waals surface area contributed by atoms with Crippen molar-refractivity contribution >= 4 is 5.91 Å². The minimum Gasteiger partial charge on any atom is -0.493 e. The monoisotopic (exact) mass is 332 g/mol. The Bertz CT molecular complexity index is 570. The molecular formula is C19H28N2O3. The molecule has 0 bridgehead atoms. The Kier molecular flexibility index (Phi) is 5.61.